The van der Waals surface area contributed by atoms with Gasteiger partial charge in [0.2, 0.25) is 0 Å². The van der Waals surface area contributed by atoms with Crippen molar-refractivity contribution in [2.24, 2.45) is 0 Å². The Morgan fingerprint density at radius 1 is 1.35 bits per heavy atom. The van der Waals surface area contributed by atoms with Crippen LogP contribution >= 0.6 is 15.9 Å². The summed E-state index contributed by atoms with van der Waals surface area (Å²) >= 11 is 3.30. The lowest BCUT2D eigenvalue weighted by Crippen LogP contribution is -2.14. The summed E-state index contributed by atoms with van der Waals surface area (Å²) in [6.45, 7) is 5.98. The second-order valence-corrected chi connectivity index (χ2v) is 5.75. The highest BCUT2D eigenvalue weighted by Gasteiger charge is 2.13. The minimum Gasteiger partial charge on any atom is -0.496 e. The van der Waals surface area contributed by atoms with Crippen LogP contribution in [0.15, 0.2) is 27.5 Å². The van der Waals surface area contributed by atoms with E-state index in [0.717, 1.165) is 22.6 Å². The van der Waals surface area contributed by atoms with E-state index in [1.54, 1.807) is 7.11 Å². The molecule has 1 N–H and O–H groups in total. The first-order valence-electron chi connectivity index (χ1n) is 6.38. The summed E-state index contributed by atoms with van der Waals surface area (Å²) in [5.74, 6) is 1.56. The van der Waals surface area contributed by atoms with Crippen LogP contribution in [0.25, 0.3) is 11.4 Å². The first kappa shape index (κ1) is 14.8. The molecule has 0 fully saturated rings. The van der Waals surface area contributed by atoms with Gasteiger partial charge in [-0.1, -0.05) is 13.8 Å². The van der Waals surface area contributed by atoms with Crippen molar-refractivity contribution in [2.45, 2.75) is 26.7 Å². The van der Waals surface area contributed by atoms with Gasteiger partial charge in [0.1, 0.15) is 16.0 Å². The van der Waals surface area contributed by atoms with Crippen molar-refractivity contribution in [3.8, 4) is 17.1 Å². The number of H-pyrrole nitrogens is 1. The van der Waals surface area contributed by atoms with Crippen LogP contribution in [0.1, 0.15) is 31.0 Å². The zero-order chi connectivity index (χ0) is 14.9. The smallest absolute Gasteiger partial charge is 0.265 e. The first-order valence-corrected chi connectivity index (χ1v) is 7.18. The lowest BCUT2D eigenvalue weighted by molar-refractivity contribution is 0.412. The number of ether oxygens (including phenoxy) is 1. The molecule has 2 rings (SSSR count). The molecular formula is C15H17BrN2O2. The zero-order valence-electron chi connectivity index (χ0n) is 12.0. The molecule has 0 saturated heterocycles. The normalized spacial score (nSPS) is 10.9. The van der Waals surface area contributed by atoms with Crippen LogP contribution < -0.4 is 10.3 Å². The van der Waals surface area contributed by atoms with E-state index in [-0.39, 0.29) is 11.5 Å². The average Bonchev–Trinajstić information content (AvgIpc) is 2.41. The maximum Gasteiger partial charge on any atom is 0.265 e. The molecule has 0 aliphatic heterocycles. The molecule has 0 saturated carbocycles. The monoisotopic (exact) mass is 336 g/mol. The van der Waals surface area contributed by atoms with Crippen molar-refractivity contribution < 1.29 is 4.74 Å². The largest absolute Gasteiger partial charge is 0.496 e. The van der Waals surface area contributed by atoms with Gasteiger partial charge >= 0.3 is 0 Å². The third-order valence-corrected chi connectivity index (χ3v) is 3.87. The lowest BCUT2D eigenvalue weighted by atomic mass is 10.1. The minimum absolute atomic E-state index is 0.160. The summed E-state index contributed by atoms with van der Waals surface area (Å²) in [5.41, 5.74) is 2.47. The second-order valence-electron chi connectivity index (χ2n) is 4.95. The third-order valence-electron chi connectivity index (χ3n) is 3.10. The number of nitrogens with one attached hydrogen (secondary N) is 1. The number of methoxy groups -OCH3 is 1. The van der Waals surface area contributed by atoms with Crippen LogP contribution in [0.3, 0.4) is 0 Å². The van der Waals surface area contributed by atoms with E-state index >= 15 is 0 Å². The van der Waals surface area contributed by atoms with Crippen LogP contribution in [0.2, 0.25) is 0 Å². The van der Waals surface area contributed by atoms with Gasteiger partial charge in [-0.2, -0.15) is 0 Å². The van der Waals surface area contributed by atoms with Crippen molar-refractivity contribution >= 4 is 15.9 Å². The number of aryl methyl sites for hydroxylation is 1. The van der Waals surface area contributed by atoms with Crippen molar-refractivity contribution in [3.05, 3.63) is 44.3 Å². The van der Waals surface area contributed by atoms with Gasteiger partial charge in [-0.15, -0.1) is 0 Å². The van der Waals surface area contributed by atoms with Crippen molar-refractivity contribution in [3.63, 3.8) is 0 Å². The summed E-state index contributed by atoms with van der Waals surface area (Å²) in [4.78, 5) is 19.3. The number of rotatable bonds is 3. The Morgan fingerprint density at radius 3 is 2.60 bits per heavy atom. The van der Waals surface area contributed by atoms with Crippen LogP contribution in [-0.4, -0.2) is 17.1 Å². The molecule has 5 heteroatoms. The van der Waals surface area contributed by atoms with E-state index in [1.807, 2.05) is 39.0 Å². The minimum atomic E-state index is -0.160. The molecule has 0 aliphatic carbocycles. The molecule has 0 unspecified atom stereocenters. The Balaban J connectivity index is 2.58. The van der Waals surface area contributed by atoms with Gasteiger partial charge in [-0.05, 0) is 52.5 Å². The molecule has 0 amide bonds. The Labute approximate surface area is 126 Å². The lowest BCUT2D eigenvalue weighted by Gasteiger charge is -2.11. The fraction of sp³-hybridized carbons (Fsp3) is 0.333. The summed E-state index contributed by atoms with van der Waals surface area (Å²) in [5, 5.41) is 0. The molecule has 1 aromatic carbocycles. The van der Waals surface area contributed by atoms with Crippen LogP contribution in [0.4, 0.5) is 0 Å². The molecule has 0 aliphatic rings. The van der Waals surface area contributed by atoms with E-state index in [9.17, 15) is 4.79 Å². The van der Waals surface area contributed by atoms with Gasteiger partial charge < -0.3 is 9.72 Å². The Kier molecular flexibility index (Phi) is 4.28. The van der Waals surface area contributed by atoms with Gasteiger partial charge in [0.05, 0.1) is 12.8 Å². The molecule has 0 bridgehead atoms. The van der Waals surface area contributed by atoms with Crippen molar-refractivity contribution in [2.75, 3.05) is 7.11 Å². The molecule has 1 heterocycles. The number of halogens is 1. The molecular weight excluding hydrogens is 320 g/mol. The zero-order valence-corrected chi connectivity index (χ0v) is 13.5. The summed E-state index contributed by atoms with van der Waals surface area (Å²) in [6.07, 6.45) is 0. The van der Waals surface area contributed by atoms with E-state index < -0.39 is 0 Å². The topological polar surface area (TPSA) is 55.0 Å². The maximum atomic E-state index is 12.0. The van der Waals surface area contributed by atoms with Gasteiger partial charge in [0, 0.05) is 5.56 Å². The molecule has 2 aromatic rings. The number of hydrogen-bond donors (Lipinski definition) is 1. The number of hydrogen-bond acceptors (Lipinski definition) is 3. The molecule has 0 atom stereocenters. The SMILES string of the molecule is COc1ccc(-c2nc(C(C)C)c(Br)c(=O)[nH]2)cc1C. The fourth-order valence-corrected chi connectivity index (χ4v) is 2.67. The van der Waals surface area contributed by atoms with Gasteiger partial charge in [0.25, 0.3) is 5.56 Å². The number of benzene rings is 1. The Bertz CT molecular complexity index is 693. The van der Waals surface area contributed by atoms with E-state index in [4.69, 9.17) is 4.74 Å². The standard InChI is InChI=1S/C15H17BrN2O2/c1-8(2)13-12(16)15(19)18-14(17-13)10-5-6-11(20-4)9(3)7-10/h5-8H,1-4H3,(H,17,18,19). The molecule has 1 aromatic heterocycles. The maximum absolute atomic E-state index is 12.0. The predicted molar refractivity (Wildman–Crippen MR) is 83.4 cm³/mol. The fourth-order valence-electron chi connectivity index (χ4n) is 2.02. The van der Waals surface area contributed by atoms with Crippen molar-refractivity contribution in [1.82, 2.24) is 9.97 Å². The van der Waals surface area contributed by atoms with Crippen LogP contribution in [0, 0.1) is 6.92 Å². The Morgan fingerprint density at radius 2 is 2.05 bits per heavy atom. The average molecular weight is 337 g/mol. The number of aromatic amines is 1. The molecule has 106 valence electrons. The Hall–Kier alpha value is -1.62. The molecule has 20 heavy (non-hydrogen) atoms. The summed E-state index contributed by atoms with van der Waals surface area (Å²) in [6, 6.07) is 5.72. The highest BCUT2D eigenvalue weighted by Crippen LogP contribution is 2.26. The molecule has 0 spiro atoms. The highest BCUT2D eigenvalue weighted by atomic mass is 79.9. The third kappa shape index (κ3) is 2.77. The summed E-state index contributed by atoms with van der Waals surface area (Å²) < 4.78 is 5.74. The van der Waals surface area contributed by atoms with Gasteiger partial charge in [-0.25, -0.2) is 4.98 Å². The van der Waals surface area contributed by atoms with E-state index in [0.29, 0.717) is 10.3 Å². The first-order chi connectivity index (χ1) is 9.43. The van der Waals surface area contributed by atoms with E-state index in [1.165, 1.54) is 0 Å². The van der Waals surface area contributed by atoms with E-state index in [2.05, 4.69) is 25.9 Å². The predicted octanol–water partition coefficient (Wildman–Crippen LogP) is 3.64. The number of aromatic nitrogens is 2. The van der Waals surface area contributed by atoms with Crippen LogP contribution in [-0.2, 0) is 0 Å². The second kappa shape index (κ2) is 5.79. The molecule has 4 nitrogen and oxygen atoms in total. The van der Waals surface area contributed by atoms with Gasteiger partial charge in [-0.3, -0.25) is 4.79 Å². The quantitative estimate of drug-likeness (QED) is 0.930. The number of nitrogens with zero attached hydrogens (tertiary/aromatic N) is 1. The molecule has 0 radical (unpaired) electrons. The summed E-state index contributed by atoms with van der Waals surface area (Å²) in [7, 11) is 1.64. The van der Waals surface area contributed by atoms with Crippen molar-refractivity contribution in [1.29, 1.82) is 0 Å². The van der Waals surface area contributed by atoms with Crippen LogP contribution in [0.5, 0.6) is 5.75 Å². The van der Waals surface area contributed by atoms with Gasteiger partial charge in [0.15, 0.2) is 0 Å². The highest BCUT2D eigenvalue weighted by molar-refractivity contribution is 9.10.